The summed E-state index contributed by atoms with van der Waals surface area (Å²) < 4.78 is 5.13. The molecule has 33 heavy (non-hydrogen) atoms. The predicted octanol–water partition coefficient (Wildman–Crippen LogP) is 3.17. The minimum atomic E-state index is -0.872. The molecule has 7 nitrogen and oxygen atoms in total. The van der Waals surface area contributed by atoms with E-state index in [2.05, 4.69) is 18.3 Å². The van der Waals surface area contributed by atoms with E-state index in [9.17, 15) is 20.1 Å². The molecule has 0 aliphatic carbocycles. The van der Waals surface area contributed by atoms with E-state index in [4.69, 9.17) is 4.74 Å². The monoisotopic (exact) mass is 458 g/mol. The lowest BCUT2D eigenvalue weighted by molar-refractivity contribution is -0.131. The summed E-state index contributed by atoms with van der Waals surface area (Å²) in [6.07, 6.45) is 1.09. The summed E-state index contributed by atoms with van der Waals surface area (Å²) in [5.41, 5.74) is 2.19. The summed E-state index contributed by atoms with van der Waals surface area (Å²) in [5, 5.41) is 33.1. The number of benzene rings is 2. The van der Waals surface area contributed by atoms with E-state index in [0.717, 1.165) is 24.1 Å². The summed E-state index contributed by atoms with van der Waals surface area (Å²) in [5.74, 6) is -0.0790. The zero-order chi connectivity index (χ0) is 24.4. The largest absolute Gasteiger partial charge is 0.508 e. The lowest BCUT2D eigenvalue weighted by Crippen LogP contribution is -2.43. The molecule has 1 amide bonds. The van der Waals surface area contributed by atoms with Crippen molar-refractivity contribution in [1.29, 1.82) is 0 Å². The van der Waals surface area contributed by atoms with Crippen LogP contribution in [0.1, 0.15) is 50.0 Å². The Kier molecular flexibility index (Phi) is 10.2. The number of carbonyl (C=O) groups excluding carboxylic acids is 1. The summed E-state index contributed by atoms with van der Waals surface area (Å²) in [6.45, 7) is 8.26. The average molecular weight is 459 g/mol. The van der Waals surface area contributed by atoms with E-state index in [0.29, 0.717) is 31.6 Å². The van der Waals surface area contributed by atoms with Crippen molar-refractivity contribution in [2.24, 2.45) is 0 Å². The van der Waals surface area contributed by atoms with Crippen LogP contribution in [0.3, 0.4) is 0 Å². The molecule has 7 heteroatoms. The minimum absolute atomic E-state index is 0.0885. The van der Waals surface area contributed by atoms with Gasteiger partial charge in [0.05, 0.1) is 19.1 Å². The SMILES string of the molecule is CCCN(CCOC)C(=O)Cc1cccc(CC(C)(C)NCC(O)c2cc(O)cc(O)c2)c1. The Morgan fingerprint density at radius 2 is 1.76 bits per heavy atom. The number of hydrogen-bond donors (Lipinski definition) is 4. The summed E-state index contributed by atoms with van der Waals surface area (Å²) in [7, 11) is 1.64. The molecule has 2 rings (SSSR count). The van der Waals surface area contributed by atoms with Crippen LogP contribution >= 0.6 is 0 Å². The van der Waals surface area contributed by atoms with E-state index in [1.165, 1.54) is 18.2 Å². The van der Waals surface area contributed by atoms with E-state index < -0.39 is 6.10 Å². The van der Waals surface area contributed by atoms with Gasteiger partial charge in [-0.25, -0.2) is 0 Å². The molecule has 0 spiro atoms. The van der Waals surface area contributed by atoms with Gasteiger partial charge in [-0.3, -0.25) is 4.79 Å². The quantitative estimate of drug-likeness (QED) is 0.368. The Labute approximate surface area is 197 Å². The highest BCUT2D eigenvalue weighted by Crippen LogP contribution is 2.25. The summed E-state index contributed by atoms with van der Waals surface area (Å²) in [6, 6.07) is 12.1. The van der Waals surface area contributed by atoms with E-state index in [-0.39, 0.29) is 29.5 Å². The normalized spacial score (nSPS) is 12.5. The number of phenols is 2. The van der Waals surface area contributed by atoms with E-state index in [1.807, 2.05) is 36.9 Å². The third kappa shape index (κ3) is 9.04. The van der Waals surface area contributed by atoms with Gasteiger partial charge in [-0.2, -0.15) is 0 Å². The van der Waals surface area contributed by atoms with Crippen LogP contribution in [0.2, 0.25) is 0 Å². The lowest BCUT2D eigenvalue weighted by atomic mass is 9.93. The maximum absolute atomic E-state index is 12.8. The number of rotatable bonds is 13. The number of amides is 1. The predicted molar refractivity (Wildman–Crippen MR) is 129 cm³/mol. The first-order valence-corrected chi connectivity index (χ1v) is 11.4. The molecule has 2 aromatic rings. The topological polar surface area (TPSA) is 102 Å². The average Bonchev–Trinajstić information content (AvgIpc) is 2.74. The van der Waals surface area contributed by atoms with Gasteiger partial charge in [0, 0.05) is 38.3 Å². The Hall–Kier alpha value is -2.61. The molecule has 0 saturated heterocycles. The molecule has 4 N–H and O–H groups in total. The maximum Gasteiger partial charge on any atom is 0.227 e. The van der Waals surface area contributed by atoms with Crippen LogP contribution in [-0.2, 0) is 22.4 Å². The molecule has 0 aliphatic rings. The number of aliphatic hydroxyl groups is 1. The number of nitrogens with one attached hydrogen (secondary N) is 1. The highest BCUT2D eigenvalue weighted by Gasteiger charge is 2.21. The molecule has 0 aliphatic heterocycles. The summed E-state index contributed by atoms with van der Waals surface area (Å²) >= 11 is 0. The number of aliphatic hydroxyl groups excluding tert-OH is 1. The van der Waals surface area contributed by atoms with Crippen LogP contribution in [0, 0.1) is 0 Å². The van der Waals surface area contributed by atoms with Crippen molar-refractivity contribution in [3.63, 3.8) is 0 Å². The van der Waals surface area contributed by atoms with E-state index in [1.54, 1.807) is 7.11 Å². The molecular formula is C26H38N2O5. The molecule has 2 aromatic carbocycles. The number of carbonyl (C=O) groups is 1. The molecule has 0 radical (unpaired) electrons. The molecule has 0 bridgehead atoms. The number of aromatic hydroxyl groups is 2. The van der Waals surface area contributed by atoms with Crippen LogP contribution in [-0.4, -0.2) is 65.0 Å². The van der Waals surface area contributed by atoms with Gasteiger partial charge in [0.2, 0.25) is 5.91 Å². The van der Waals surface area contributed by atoms with E-state index >= 15 is 0 Å². The van der Waals surface area contributed by atoms with Gasteiger partial charge in [-0.1, -0.05) is 31.2 Å². The van der Waals surface area contributed by atoms with Crippen LogP contribution in [0.4, 0.5) is 0 Å². The van der Waals surface area contributed by atoms with Gasteiger partial charge in [-0.15, -0.1) is 0 Å². The van der Waals surface area contributed by atoms with Crippen molar-refractivity contribution in [3.8, 4) is 11.5 Å². The Balaban J connectivity index is 1.97. The third-order valence-electron chi connectivity index (χ3n) is 5.49. The van der Waals surface area contributed by atoms with Crippen molar-refractivity contribution in [1.82, 2.24) is 10.2 Å². The number of phenolic OH excluding ortho intramolecular Hbond substituents is 2. The van der Waals surface area contributed by atoms with Crippen molar-refractivity contribution in [2.45, 2.75) is 51.7 Å². The van der Waals surface area contributed by atoms with Crippen molar-refractivity contribution in [3.05, 3.63) is 59.2 Å². The van der Waals surface area contributed by atoms with Gasteiger partial charge in [0.25, 0.3) is 0 Å². The zero-order valence-corrected chi connectivity index (χ0v) is 20.2. The van der Waals surface area contributed by atoms with Crippen LogP contribution in [0.25, 0.3) is 0 Å². The van der Waals surface area contributed by atoms with Gasteiger partial charge in [0.1, 0.15) is 11.5 Å². The first-order valence-electron chi connectivity index (χ1n) is 11.4. The minimum Gasteiger partial charge on any atom is -0.508 e. The van der Waals surface area contributed by atoms with Gasteiger partial charge < -0.3 is 30.3 Å². The Bertz CT molecular complexity index is 880. The number of nitrogens with zero attached hydrogens (tertiary/aromatic N) is 1. The van der Waals surface area contributed by atoms with Crippen LogP contribution in [0.5, 0.6) is 11.5 Å². The Morgan fingerprint density at radius 3 is 2.39 bits per heavy atom. The number of ether oxygens (including phenoxy) is 1. The van der Waals surface area contributed by atoms with Crippen molar-refractivity contribution in [2.75, 3.05) is 33.4 Å². The first-order chi connectivity index (χ1) is 15.6. The third-order valence-corrected chi connectivity index (χ3v) is 5.49. The van der Waals surface area contributed by atoms with Gasteiger partial charge in [-0.05, 0) is 55.5 Å². The standard InChI is InChI=1S/C26H38N2O5/c1-5-9-28(10-11-33-4)25(32)13-19-7-6-8-20(12-19)17-26(2,3)27-18-24(31)21-14-22(29)16-23(30)15-21/h6-8,12,14-16,24,27,29-31H,5,9-11,13,17-18H2,1-4H3. The molecule has 1 unspecified atom stereocenters. The second kappa shape index (κ2) is 12.6. The van der Waals surface area contributed by atoms with Crippen molar-refractivity contribution >= 4 is 5.91 Å². The summed E-state index contributed by atoms with van der Waals surface area (Å²) in [4.78, 5) is 14.6. The molecule has 0 saturated carbocycles. The fourth-order valence-corrected chi connectivity index (χ4v) is 3.84. The van der Waals surface area contributed by atoms with Crippen LogP contribution in [0.15, 0.2) is 42.5 Å². The molecule has 0 aromatic heterocycles. The molecule has 0 heterocycles. The smallest absolute Gasteiger partial charge is 0.227 e. The molecular weight excluding hydrogens is 420 g/mol. The fourth-order valence-electron chi connectivity index (χ4n) is 3.84. The fraction of sp³-hybridized carbons (Fsp3) is 0.500. The second-order valence-corrected chi connectivity index (χ2v) is 9.11. The van der Waals surface area contributed by atoms with Gasteiger partial charge in [0.15, 0.2) is 0 Å². The highest BCUT2D eigenvalue weighted by atomic mass is 16.5. The lowest BCUT2D eigenvalue weighted by Gasteiger charge is -2.28. The molecule has 1 atom stereocenters. The zero-order valence-electron chi connectivity index (χ0n) is 20.2. The Morgan fingerprint density at radius 1 is 1.09 bits per heavy atom. The second-order valence-electron chi connectivity index (χ2n) is 9.11. The number of hydrogen-bond acceptors (Lipinski definition) is 6. The van der Waals surface area contributed by atoms with Crippen molar-refractivity contribution < 1.29 is 24.9 Å². The number of methoxy groups -OCH3 is 1. The maximum atomic E-state index is 12.8. The number of β-amino-alcohol motifs (C(OH)–C–C–N with tert-alkyl or cyclic N) is 1. The first kappa shape index (κ1) is 26.6. The van der Waals surface area contributed by atoms with Gasteiger partial charge >= 0.3 is 0 Å². The molecule has 182 valence electrons. The van der Waals surface area contributed by atoms with Crippen LogP contribution < -0.4 is 5.32 Å². The molecule has 0 fully saturated rings. The highest BCUT2D eigenvalue weighted by molar-refractivity contribution is 5.78.